The molecule has 146 valence electrons. The van der Waals surface area contributed by atoms with Crippen LogP contribution >= 0.6 is 0 Å². The van der Waals surface area contributed by atoms with Crippen molar-refractivity contribution in [3.63, 3.8) is 0 Å². The fraction of sp³-hybridized carbons (Fsp3) is 0.381. The Morgan fingerprint density at radius 2 is 1.74 bits per heavy atom. The van der Waals surface area contributed by atoms with E-state index in [-0.39, 0.29) is 24.9 Å². The van der Waals surface area contributed by atoms with E-state index >= 15 is 0 Å². The first-order chi connectivity index (χ1) is 12.7. The molecule has 1 amide bonds. The number of rotatable bonds is 8. The van der Waals surface area contributed by atoms with E-state index in [2.05, 4.69) is 0 Å². The molecule has 2 aromatic rings. The van der Waals surface area contributed by atoms with Gasteiger partial charge in [-0.15, -0.1) is 0 Å². The summed E-state index contributed by atoms with van der Waals surface area (Å²) in [5, 5.41) is 0. The molecule has 0 radical (unpaired) electrons. The van der Waals surface area contributed by atoms with Crippen LogP contribution in [0.2, 0.25) is 0 Å². The van der Waals surface area contributed by atoms with Crippen molar-refractivity contribution in [2.75, 3.05) is 24.2 Å². The van der Waals surface area contributed by atoms with E-state index in [1.165, 1.54) is 10.6 Å². The summed E-state index contributed by atoms with van der Waals surface area (Å²) in [5.41, 5.74) is 2.82. The topological polar surface area (TPSA) is 57.7 Å². The van der Waals surface area contributed by atoms with Crippen molar-refractivity contribution in [1.82, 2.24) is 4.31 Å². The molecular weight excluding hydrogens is 360 g/mol. The van der Waals surface area contributed by atoms with Crippen LogP contribution in [0.4, 0.5) is 5.69 Å². The summed E-state index contributed by atoms with van der Waals surface area (Å²) in [6.45, 7) is 6.43. The van der Waals surface area contributed by atoms with E-state index in [1.807, 2.05) is 75.4 Å². The van der Waals surface area contributed by atoms with E-state index in [0.29, 0.717) is 6.54 Å². The Kier molecular flexibility index (Phi) is 7.16. The molecule has 2 rings (SSSR count). The highest BCUT2D eigenvalue weighted by molar-refractivity contribution is 7.88. The minimum absolute atomic E-state index is 0.0861. The van der Waals surface area contributed by atoms with Crippen LogP contribution in [0.25, 0.3) is 0 Å². The summed E-state index contributed by atoms with van der Waals surface area (Å²) in [6.07, 6.45) is 1.32. The number of benzene rings is 2. The summed E-state index contributed by atoms with van der Waals surface area (Å²) in [6, 6.07) is 16.9. The monoisotopic (exact) mass is 388 g/mol. The SMILES string of the molecule is CCN(C(=O)CCN(C(C)c1ccccc1)S(C)(=O)=O)c1cccc(C)c1. The third-order valence-electron chi connectivity index (χ3n) is 4.62. The maximum absolute atomic E-state index is 12.8. The van der Waals surface area contributed by atoms with Crippen LogP contribution in [0, 0.1) is 6.92 Å². The lowest BCUT2D eigenvalue weighted by atomic mass is 10.1. The van der Waals surface area contributed by atoms with Gasteiger partial charge in [-0.2, -0.15) is 4.31 Å². The molecule has 0 spiro atoms. The third kappa shape index (κ3) is 5.65. The fourth-order valence-electron chi connectivity index (χ4n) is 3.18. The lowest BCUT2D eigenvalue weighted by Gasteiger charge is -2.28. The standard InChI is InChI=1S/C21H28N2O3S/c1-5-22(20-13-9-10-17(2)16-20)21(24)14-15-23(27(4,25)26)18(3)19-11-7-6-8-12-19/h6-13,16,18H,5,14-15H2,1-4H3. The van der Waals surface area contributed by atoms with Crippen molar-refractivity contribution < 1.29 is 13.2 Å². The predicted octanol–water partition coefficient (Wildman–Crippen LogP) is 3.76. The predicted molar refractivity (Wildman–Crippen MR) is 110 cm³/mol. The molecular formula is C21H28N2O3S. The molecule has 0 aliphatic heterocycles. The quantitative estimate of drug-likeness (QED) is 0.692. The summed E-state index contributed by atoms with van der Waals surface area (Å²) in [4.78, 5) is 14.5. The van der Waals surface area contributed by atoms with Crippen LogP contribution in [-0.4, -0.2) is 38.0 Å². The molecule has 1 unspecified atom stereocenters. The Morgan fingerprint density at radius 1 is 1.07 bits per heavy atom. The van der Waals surface area contributed by atoms with E-state index in [1.54, 1.807) is 4.90 Å². The number of amides is 1. The van der Waals surface area contributed by atoms with Gasteiger partial charge in [-0.25, -0.2) is 8.42 Å². The van der Waals surface area contributed by atoms with Gasteiger partial charge in [0.25, 0.3) is 0 Å². The van der Waals surface area contributed by atoms with Crippen molar-refractivity contribution in [3.05, 3.63) is 65.7 Å². The van der Waals surface area contributed by atoms with Gasteiger partial charge in [0.15, 0.2) is 0 Å². The van der Waals surface area contributed by atoms with Gasteiger partial charge in [0.05, 0.1) is 6.26 Å². The second-order valence-corrected chi connectivity index (χ2v) is 8.62. The summed E-state index contributed by atoms with van der Waals surface area (Å²) in [7, 11) is -3.45. The first-order valence-corrected chi connectivity index (χ1v) is 11.0. The molecule has 0 aliphatic carbocycles. The molecule has 5 nitrogen and oxygen atoms in total. The number of aryl methyl sites for hydroxylation is 1. The van der Waals surface area contributed by atoms with E-state index in [4.69, 9.17) is 0 Å². The molecule has 1 atom stereocenters. The molecule has 6 heteroatoms. The van der Waals surface area contributed by atoms with Crippen molar-refractivity contribution in [3.8, 4) is 0 Å². The molecule has 27 heavy (non-hydrogen) atoms. The number of nitrogens with zero attached hydrogens (tertiary/aromatic N) is 2. The zero-order valence-electron chi connectivity index (χ0n) is 16.4. The van der Waals surface area contributed by atoms with E-state index in [0.717, 1.165) is 16.8 Å². The van der Waals surface area contributed by atoms with Gasteiger partial charge < -0.3 is 4.90 Å². The first kappa shape index (κ1) is 21.1. The van der Waals surface area contributed by atoms with Gasteiger partial charge in [0.2, 0.25) is 15.9 Å². The Balaban J connectivity index is 2.15. The van der Waals surface area contributed by atoms with Crippen LogP contribution < -0.4 is 4.90 Å². The Labute approximate surface area is 162 Å². The van der Waals surface area contributed by atoms with Gasteiger partial charge in [0.1, 0.15) is 0 Å². The average molecular weight is 389 g/mol. The number of carbonyl (C=O) groups is 1. The number of sulfonamides is 1. The largest absolute Gasteiger partial charge is 0.313 e. The minimum Gasteiger partial charge on any atom is -0.313 e. The minimum atomic E-state index is -3.45. The normalized spacial score (nSPS) is 12.8. The van der Waals surface area contributed by atoms with Gasteiger partial charge >= 0.3 is 0 Å². The Morgan fingerprint density at radius 3 is 2.30 bits per heavy atom. The van der Waals surface area contributed by atoms with Crippen LogP contribution in [0.1, 0.15) is 37.4 Å². The molecule has 0 heterocycles. The Hall–Kier alpha value is -2.18. The molecule has 0 N–H and O–H groups in total. The van der Waals surface area contributed by atoms with Crippen LogP contribution in [-0.2, 0) is 14.8 Å². The highest BCUT2D eigenvalue weighted by atomic mass is 32.2. The lowest BCUT2D eigenvalue weighted by molar-refractivity contribution is -0.118. The Bertz CT molecular complexity index is 866. The van der Waals surface area contributed by atoms with Crippen LogP contribution in [0.15, 0.2) is 54.6 Å². The summed E-state index contributed by atoms with van der Waals surface area (Å²) in [5.74, 6) is -0.0861. The average Bonchev–Trinajstić information content (AvgIpc) is 2.62. The molecule has 0 aliphatic rings. The maximum atomic E-state index is 12.8. The second-order valence-electron chi connectivity index (χ2n) is 6.69. The molecule has 2 aromatic carbocycles. The molecule has 0 aromatic heterocycles. The number of anilines is 1. The second kappa shape index (κ2) is 9.15. The van der Waals surface area contributed by atoms with Crippen molar-refractivity contribution in [2.24, 2.45) is 0 Å². The molecule has 0 bridgehead atoms. The van der Waals surface area contributed by atoms with Gasteiger partial charge in [-0.05, 0) is 44.0 Å². The third-order valence-corrected chi connectivity index (χ3v) is 5.97. The number of hydrogen-bond donors (Lipinski definition) is 0. The molecule has 0 fully saturated rings. The number of carbonyl (C=O) groups excluding carboxylic acids is 1. The zero-order chi connectivity index (χ0) is 20.0. The zero-order valence-corrected chi connectivity index (χ0v) is 17.2. The molecule has 0 saturated carbocycles. The van der Waals surface area contributed by atoms with Crippen molar-refractivity contribution >= 4 is 21.6 Å². The lowest BCUT2D eigenvalue weighted by Crippen LogP contribution is -2.38. The molecule has 0 saturated heterocycles. The van der Waals surface area contributed by atoms with Gasteiger partial charge in [0, 0.05) is 31.2 Å². The summed E-state index contributed by atoms with van der Waals surface area (Å²) >= 11 is 0. The highest BCUT2D eigenvalue weighted by Gasteiger charge is 2.26. The van der Waals surface area contributed by atoms with Gasteiger partial charge in [-0.1, -0.05) is 42.5 Å². The van der Waals surface area contributed by atoms with E-state index in [9.17, 15) is 13.2 Å². The fourth-order valence-corrected chi connectivity index (χ4v) is 4.30. The number of hydrogen-bond acceptors (Lipinski definition) is 3. The smallest absolute Gasteiger partial charge is 0.228 e. The van der Waals surface area contributed by atoms with Crippen LogP contribution in [0.3, 0.4) is 0 Å². The first-order valence-electron chi connectivity index (χ1n) is 9.12. The van der Waals surface area contributed by atoms with Crippen molar-refractivity contribution in [1.29, 1.82) is 0 Å². The highest BCUT2D eigenvalue weighted by Crippen LogP contribution is 2.23. The van der Waals surface area contributed by atoms with Gasteiger partial charge in [-0.3, -0.25) is 4.79 Å². The maximum Gasteiger partial charge on any atom is 0.228 e. The van der Waals surface area contributed by atoms with E-state index < -0.39 is 10.0 Å². The van der Waals surface area contributed by atoms with Crippen molar-refractivity contribution in [2.45, 2.75) is 33.2 Å². The van der Waals surface area contributed by atoms with Crippen LogP contribution in [0.5, 0.6) is 0 Å². The summed E-state index contributed by atoms with van der Waals surface area (Å²) < 4.78 is 26.0.